The van der Waals surface area contributed by atoms with E-state index in [1.165, 1.54) is 25.5 Å². The number of aromatic nitrogens is 1. The third kappa shape index (κ3) is 7.33. The van der Waals surface area contributed by atoms with E-state index in [0.29, 0.717) is 11.9 Å². The van der Waals surface area contributed by atoms with Crippen molar-refractivity contribution in [3.63, 3.8) is 0 Å². The molecular weight excluding hydrogens is 463 g/mol. The Hall–Kier alpha value is -3.82. The molecule has 186 valence electrons. The Morgan fingerprint density at radius 1 is 1.11 bits per heavy atom. The summed E-state index contributed by atoms with van der Waals surface area (Å²) in [4.78, 5) is 27.1. The van der Waals surface area contributed by atoms with Crippen molar-refractivity contribution in [2.75, 3.05) is 11.9 Å². The smallest absolute Gasteiger partial charge is 0.475 e. The molecule has 1 saturated carbocycles. The monoisotopic (exact) mass is 489 g/mol. The summed E-state index contributed by atoms with van der Waals surface area (Å²) in [6, 6.07) is 18.7. The van der Waals surface area contributed by atoms with Crippen LogP contribution in [0.15, 0.2) is 54.6 Å². The van der Waals surface area contributed by atoms with E-state index in [9.17, 15) is 18.0 Å². The van der Waals surface area contributed by atoms with Gasteiger partial charge < -0.3 is 20.1 Å². The predicted molar refractivity (Wildman–Crippen MR) is 126 cm³/mol. The fraction of sp³-hybridized carbons (Fsp3) is 0.320. The summed E-state index contributed by atoms with van der Waals surface area (Å²) in [5.74, 6) is -1.45. The second-order valence-electron chi connectivity index (χ2n) is 8.26. The molecule has 0 radical (unpaired) electrons. The van der Waals surface area contributed by atoms with Gasteiger partial charge in [0.25, 0.3) is 0 Å². The van der Waals surface area contributed by atoms with Crippen LogP contribution in [0.2, 0.25) is 0 Å². The highest BCUT2D eigenvalue weighted by Crippen LogP contribution is 2.32. The number of carbonyl (C=O) groups excluding carboxylic acids is 1. The quantitative estimate of drug-likeness (QED) is 0.478. The zero-order valence-electron chi connectivity index (χ0n) is 19.5. The van der Waals surface area contributed by atoms with E-state index in [0.717, 1.165) is 22.2 Å². The second kappa shape index (κ2) is 10.6. The lowest BCUT2D eigenvalue weighted by Crippen LogP contribution is -2.23. The van der Waals surface area contributed by atoms with Crippen LogP contribution in [0.4, 0.5) is 18.9 Å². The Kier molecular flexibility index (Phi) is 7.83. The topological polar surface area (TPSA) is 91.8 Å². The molecule has 0 saturated heterocycles. The van der Waals surface area contributed by atoms with Crippen molar-refractivity contribution < 1.29 is 32.6 Å². The summed E-state index contributed by atoms with van der Waals surface area (Å²) in [5, 5.41) is 11.0. The highest BCUT2D eigenvalue weighted by molar-refractivity contribution is 5.80. The SMILES string of the molecule is CC(=O)NC(C)c1ccc2nc(Oc3ccc(N(C)C4CC4)cc3)ccc2c1.O=C(O)C(F)(F)F. The lowest BCUT2D eigenvalue weighted by atomic mass is 10.1. The van der Waals surface area contributed by atoms with Crippen molar-refractivity contribution in [1.29, 1.82) is 0 Å². The number of nitrogens with zero attached hydrogens (tertiary/aromatic N) is 2. The molecular formula is C25H26F3N3O4. The van der Waals surface area contributed by atoms with Crippen molar-refractivity contribution in [2.45, 2.75) is 44.9 Å². The zero-order valence-corrected chi connectivity index (χ0v) is 19.5. The van der Waals surface area contributed by atoms with Crippen molar-refractivity contribution in [3.8, 4) is 11.6 Å². The number of pyridine rings is 1. The number of carbonyl (C=O) groups is 2. The number of anilines is 1. The molecule has 2 N–H and O–H groups in total. The van der Waals surface area contributed by atoms with Gasteiger partial charge in [-0.3, -0.25) is 4.79 Å². The molecule has 7 nitrogen and oxygen atoms in total. The van der Waals surface area contributed by atoms with Crippen LogP contribution in [0.3, 0.4) is 0 Å². The standard InChI is InChI=1S/C23H25N3O2.C2HF3O2/c1-15(24-16(2)27)17-4-12-22-18(14-17)5-13-23(25-22)28-21-10-8-20(9-11-21)26(3)19-6-7-19;3-2(4,5)1(6)7/h4-5,8-15,19H,6-7H2,1-3H3,(H,24,27);(H,6,7). The lowest BCUT2D eigenvalue weighted by molar-refractivity contribution is -0.192. The van der Waals surface area contributed by atoms with Gasteiger partial charge in [0.15, 0.2) is 0 Å². The van der Waals surface area contributed by atoms with E-state index in [2.05, 4.69) is 40.4 Å². The molecule has 0 spiro atoms. The third-order valence-electron chi connectivity index (χ3n) is 5.41. The van der Waals surface area contributed by atoms with Crippen molar-refractivity contribution in [2.24, 2.45) is 0 Å². The normalized spacial score (nSPS) is 13.9. The highest BCUT2D eigenvalue weighted by Gasteiger charge is 2.38. The highest BCUT2D eigenvalue weighted by atomic mass is 19.4. The first-order valence-corrected chi connectivity index (χ1v) is 10.9. The lowest BCUT2D eigenvalue weighted by Gasteiger charge is -2.18. The van der Waals surface area contributed by atoms with E-state index >= 15 is 0 Å². The van der Waals surface area contributed by atoms with Crippen LogP contribution in [0, 0.1) is 0 Å². The summed E-state index contributed by atoms with van der Waals surface area (Å²) >= 11 is 0. The van der Waals surface area contributed by atoms with Crippen LogP contribution < -0.4 is 15.0 Å². The van der Waals surface area contributed by atoms with Gasteiger partial charge in [-0.25, -0.2) is 9.78 Å². The largest absolute Gasteiger partial charge is 0.490 e. The van der Waals surface area contributed by atoms with E-state index in [-0.39, 0.29) is 11.9 Å². The molecule has 0 bridgehead atoms. The number of hydrogen-bond acceptors (Lipinski definition) is 5. The van der Waals surface area contributed by atoms with E-state index < -0.39 is 12.1 Å². The molecule has 1 aliphatic rings. The van der Waals surface area contributed by atoms with Gasteiger partial charge in [-0.2, -0.15) is 13.2 Å². The van der Waals surface area contributed by atoms with E-state index in [4.69, 9.17) is 14.6 Å². The maximum Gasteiger partial charge on any atom is 0.490 e. The number of carboxylic acid groups (broad SMARTS) is 1. The van der Waals surface area contributed by atoms with Gasteiger partial charge in [0.2, 0.25) is 11.8 Å². The summed E-state index contributed by atoms with van der Waals surface area (Å²) in [5.41, 5.74) is 3.12. The maximum absolute atomic E-state index is 11.3. The van der Waals surface area contributed by atoms with Crippen LogP contribution in [-0.2, 0) is 9.59 Å². The van der Waals surface area contributed by atoms with Gasteiger partial charge in [0.05, 0.1) is 11.6 Å². The molecule has 1 fully saturated rings. The number of aliphatic carboxylic acids is 1. The van der Waals surface area contributed by atoms with Crippen LogP contribution in [-0.4, -0.2) is 41.2 Å². The fourth-order valence-corrected chi connectivity index (χ4v) is 3.38. The van der Waals surface area contributed by atoms with Gasteiger partial charge in [-0.15, -0.1) is 0 Å². The Balaban J connectivity index is 0.000000429. The van der Waals surface area contributed by atoms with Gasteiger partial charge >= 0.3 is 12.1 Å². The first-order chi connectivity index (χ1) is 16.4. The fourth-order valence-electron chi connectivity index (χ4n) is 3.38. The number of hydrogen-bond donors (Lipinski definition) is 2. The molecule has 10 heteroatoms. The van der Waals surface area contributed by atoms with Crippen LogP contribution >= 0.6 is 0 Å². The Bertz CT molecular complexity index is 1190. The molecule has 1 aromatic heterocycles. The number of amides is 1. The number of ether oxygens (including phenoxy) is 1. The van der Waals surface area contributed by atoms with Gasteiger partial charge in [0, 0.05) is 37.2 Å². The van der Waals surface area contributed by atoms with E-state index in [1.807, 2.05) is 43.3 Å². The molecule has 1 aliphatic carbocycles. The zero-order chi connectivity index (χ0) is 25.8. The van der Waals surface area contributed by atoms with Crippen LogP contribution in [0.25, 0.3) is 10.9 Å². The van der Waals surface area contributed by atoms with Gasteiger partial charge in [-0.1, -0.05) is 6.07 Å². The first kappa shape index (κ1) is 25.8. The van der Waals surface area contributed by atoms with Gasteiger partial charge in [-0.05, 0) is 67.8 Å². The number of halogens is 3. The molecule has 4 rings (SSSR count). The molecule has 3 aromatic rings. The third-order valence-corrected chi connectivity index (χ3v) is 5.41. The molecule has 0 aliphatic heterocycles. The number of carboxylic acids is 1. The van der Waals surface area contributed by atoms with Crippen molar-refractivity contribution in [1.82, 2.24) is 10.3 Å². The van der Waals surface area contributed by atoms with Crippen molar-refractivity contribution >= 4 is 28.5 Å². The molecule has 35 heavy (non-hydrogen) atoms. The Labute approximate surface area is 200 Å². The minimum absolute atomic E-state index is 0.0369. The second-order valence-corrected chi connectivity index (χ2v) is 8.26. The maximum atomic E-state index is 11.3. The summed E-state index contributed by atoms with van der Waals surface area (Å²) in [6.07, 6.45) is -2.53. The van der Waals surface area contributed by atoms with Crippen LogP contribution in [0.1, 0.15) is 38.3 Å². The van der Waals surface area contributed by atoms with Crippen LogP contribution in [0.5, 0.6) is 11.6 Å². The summed E-state index contributed by atoms with van der Waals surface area (Å²) in [7, 11) is 2.14. The first-order valence-electron chi connectivity index (χ1n) is 10.9. The van der Waals surface area contributed by atoms with Gasteiger partial charge in [0.1, 0.15) is 5.75 Å². The minimum Gasteiger partial charge on any atom is -0.475 e. The Morgan fingerprint density at radius 3 is 2.29 bits per heavy atom. The minimum atomic E-state index is -5.08. The summed E-state index contributed by atoms with van der Waals surface area (Å²) < 4.78 is 37.7. The molecule has 2 aromatic carbocycles. The van der Waals surface area contributed by atoms with Crippen molar-refractivity contribution in [3.05, 3.63) is 60.2 Å². The molecule has 1 heterocycles. The number of nitrogens with one attached hydrogen (secondary N) is 1. The number of benzene rings is 2. The number of fused-ring (bicyclic) bond motifs is 1. The number of rotatable bonds is 6. The average Bonchev–Trinajstić information content (AvgIpc) is 3.63. The average molecular weight is 489 g/mol. The summed E-state index contributed by atoms with van der Waals surface area (Å²) in [6.45, 7) is 3.50. The predicted octanol–water partition coefficient (Wildman–Crippen LogP) is 5.46. The molecule has 1 unspecified atom stereocenters. The molecule has 1 amide bonds. The number of alkyl halides is 3. The Morgan fingerprint density at radius 2 is 1.74 bits per heavy atom. The van der Waals surface area contributed by atoms with E-state index in [1.54, 1.807) is 0 Å². The molecule has 1 atom stereocenters.